The zero-order valence-electron chi connectivity index (χ0n) is 17.3. The first-order valence-corrected chi connectivity index (χ1v) is 10.4. The van der Waals surface area contributed by atoms with Crippen molar-refractivity contribution in [3.8, 4) is 0 Å². The Labute approximate surface area is 180 Å². The Balaban J connectivity index is 1.28. The van der Waals surface area contributed by atoms with Gasteiger partial charge in [0.25, 0.3) is 5.91 Å². The predicted octanol–water partition coefficient (Wildman–Crippen LogP) is 4.79. The standard InChI is InChI=1S/C26H23N3O2/c1-18-16-21-7-3-5-9-24(21)29(18)17-25(30)27-22-12-10-20(11-13-22)26(31)28-15-14-19-6-2-4-8-23(19)28/h2-13,16H,14-15,17H2,1H3,(H,27,30). The fraction of sp³-hybridized carbons (Fsp3) is 0.154. The molecule has 0 bridgehead atoms. The third-order valence-electron chi connectivity index (χ3n) is 5.87. The number of amides is 2. The molecule has 31 heavy (non-hydrogen) atoms. The second-order valence-electron chi connectivity index (χ2n) is 7.89. The Morgan fingerprint density at radius 1 is 0.935 bits per heavy atom. The highest BCUT2D eigenvalue weighted by Gasteiger charge is 2.25. The lowest BCUT2D eigenvalue weighted by atomic mass is 10.1. The molecule has 4 aromatic rings. The van der Waals surface area contributed by atoms with E-state index in [1.54, 1.807) is 24.3 Å². The number of hydrogen-bond donors (Lipinski definition) is 1. The molecule has 1 aliphatic heterocycles. The molecular weight excluding hydrogens is 386 g/mol. The molecule has 5 nitrogen and oxygen atoms in total. The van der Waals surface area contributed by atoms with Crippen LogP contribution in [-0.2, 0) is 17.8 Å². The van der Waals surface area contributed by atoms with Gasteiger partial charge in [-0.2, -0.15) is 0 Å². The van der Waals surface area contributed by atoms with Crippen LogP contribution in [0.4, 0.5) is 11.4 Å². The van der Waals surface area contributed by atoms with Crippen LogP contribution in [0.25, 0.3) is 10.9 Å². The van der Waals surface area contributed by atoms with Gasteiger partial charge in [-0.25, -0.2) is 0 Å². The molecule has 1 N–H and O–H groups in total. The highest BCUT2D eigenvalue weighted by Crippen LogP contribution is 2.29. The molecule has 0 atom stereocenters. The third kappa shape index (κ3) is 3.59. The average Bonchev–Trinajstić information content (AvgIpc) is 3.35. The maximum atomic E-state index is 13.0. The number of aromatic nitrogens is 1. The van der Waals surface area contributed by atoms with Crippen molar-refractivity contribution >= 4 is 34.1 Å². The molecule has 0 fully saturated rings. The minimum absolute atomic E-state index is 0.0164. The van der Waals surface area contributed by atoms with Crippen LogP contribution < -0.4 is 10.2 Å². The van der Waals surface area contributed by atoms with Crippen LogP contribution in [0, 0.1) is 6.92 Å². The van der Waals surface area contributed by atoms with Gasteiger partial charge in [0.2, 0.25) is 5.91 Å². The fourth-order valence-corrected chi connectivity index (χ4v) is 4.30. The summed E-state index contributed by atoms with van der Waals surface area (Å²) in [6.45, 7) is 2.94. The molecule has 5 heteroatoms. The monoisotopic (exact) mass is 409 g/mol. The molecule has 154 valence electrons. The van der Waals surface area contributed by atoms with Crippen LogP contribution in [0.1, 0.15) is 21.6 Å². The van der Waals surface area contributed by atoms with Crippen molar-refractivity contribution in [2.45, 2.75) is 19.9 Å². The first-order chi connectivity index (χ1) is 15.1. The summed E-state index contributed by atoms with van der Waals surface area (Å²) in [7, 11) is 0. The number of anilines is 2. The molecule has 0 saturated carbocycles. The van der Waals surface area contributed by atoms with Crippen LogP contribution in [0.15, 0.2) is 78.9 Å². The smallest absolute Gasteiger partial charge is 0.258 e. The summed E-state index contributed by atoms with van der Waals surface area (Å²) >= 11 is 0. The molecule has 1 aromatic heterocycles. The minimum Gasteiger partial charge on any atom is -0.335 e. The van der Waals surface area contributed by atoms with Gasteiger partial charge < -0.3 is 14.8 Å². The first kappa shape index (κ1) is 19.1. The van der Waals surface area contributed by atoms with E-state index in [2.05, 4.69) is 17.4 Å². The third-order valence-corrected chi connectivity index (χ3v) is 5.87. The zero-order chi connectivity index (χ0) is 21.4. The molecule has 1 aliphatic rings. The molecule has 0 saturated heterocycles. The Bertz CT molecular complexity index is 1290. The van der Waals surface area contributed by atoms with E-state index < -0.39 is 0 Å². The number of rotatable bonds is 4. The maximum Gasteiger partial charge on any atom is 0.258 e. The number of aryl methyl sites for hydroxylation is 1. The van der Waals surface area contributed by atoms with E-state index in [-0.39, 0.29) is 18.4 Å². The molecule has 0 spiro atoms. The van der Waals surface area contributed by atoms with Crippen molar-refractivity contribution < 1.29 is 9.59 Å². The number of carbonyl (C=O) groups excluding carboxylic acids is 2. The summed E-state index contributed by atoms with van der Waals surface area (Å²) in [5.74, 6) is -0.116. The van der Waals surface area contributed by atoms with Crippen LogP contribution >= 0.6 is 0 Å². The number of hydrogen-bond acceptors (Lipinski definition) is 2. The molecule has 0 aliphatic carbocycles. The molecule has 0 radical (unpaired) electrons. The lowest BCUT2D eigenvalue weighted by Crippen LogP contribution is -2.28. The topological polar surface area (TPSA) is 54.3 Å². The van der Waals surface area contributed by atoms with Gasteiger partial charge in [-0.15, -0.1) is 0 Å². The Morgan fingerprint density at radius 3 is 2.52 bits per heavy atom. The van der Waals surface area contributed by atoms with Crippen molar-refractivity contribution in [2.24, 2.45) is 0 Å². The highest BCUT2D eigenvalue weighted by molar-refractivity contribution is 6.07. The van der Waals surface area contributed by atoms with E-state index in [1.165, 1.54) is 5.56 Å². The second-order valence-corrected chi connectivity index (χ2v) is 7.89. The summed E-state index contributed by atoms with van der Waals surface area (Å²) in [4.78, 5) is 27.4. The zero-order valence-corrected chi connectivity index (χ0v) is 17.3. The van der Waals surface area contributed by atoms with Gasteiger partial charge in [-0.05, 0) is 66.8 Å². The Morgan fingerprint density at radius 2 is 1.68 bits per heavy atom. The number of nitrogens with one attached hydrogen (secondary N) is 1. The van der Waals surface area contributed by atoms with Crippen LogP contribution in [0.2, 0.25) is 0 Å². The van der Waals surface area contributed by atoms with Gasteiger partial charge in [0.1, 0.15) is 6.54 Å². The van der Waals surface area contributed by atoms with Gasteiger partial charge in [0.15, 0.2) is 0 Å². The first-order valence-electron chi connectivity index (χ1n) is 10.4. The second kappa shape index (κ2) is 7.76. The van der Waals surface area contributed by atoms with Crippen LogP contribution in [-0.4, -0.2) is 22.9 Å². The van der Waals surface area contributed by atoms with Crippen molar-refractivity contribution in [1.82, 2.24) is 4.57 Å². The summed E-state index contributed by atoms with van der Waals surface area (Å²) in [5, 5.41) is 4.06. The van der Waals surface area contributed by atoms with Crippen molar-refractivity contribution in [3.05, 3.63) is 95.7 Å². The average molecular weight is 409 g/mol. The lowest BCUT2D eigenvalue weighted by Gasteiger charge is -2.17. The molecule has 2 amide bonds. The lowest BCUT2D eigenvalue weighted by molar-refractivity contribution is -0.116. The highest BCUT2D eigenvalue weighted by atomic mass is 16.2. The number of para-hydroxylation sites is 2. The Hall–Kier alpha value is -3.86. The minimum atomic E-state index is -0.100. The van der Waals surface area contributed by atoms with Gasteiger partial charge in [0.05, 0.1) is 0 Å². The van der Waals surface area contributed by atoms with E-state index in [0.717, 1.165) is 28.7 Å². The predicted molar refractivity (Wildman–Crippen MR) is 124 cm³/mol. The number of fused-ring (bicyclic) bond motifs is 2. The molecular formula is C26H23N3O2. The van der Waals surface area contributed by atoms with Crippen molar-refractivity contribution in [1.29, 1.82) is 0 Å². The van der Waals surface area contributed by atoms with Crippen molar-refractivity contribution in [2.75, 3.05) is 16.8 Å². The molecule has 0 unspecified atom stereocenters. The summed E-state index contributed by atoms with van der Waals surface area (Å²) < 4.78 is 2.01. The number of carbonyl (C=O) groups is 2. The largest absolute Gasteiger partial charge is 0.335 e. The number of benzene rings is 3. The maximum absolute atomic E-state index is 13.0. The van der Waals surface area contributed by atoms with Gasteiger partial charge in [-0.1, -0.05) is 36.4 Å². The van der Waals surface area contributed by atoms with E-state index in [1.807, 2.05) is 58.9 Å². The van der Waals surface area contributed by atoms with Crippen molar-refractivity contribution in [3.63, 3.8) is 0 Å². The quantitative estimate of drug-likeness (QED) is 0.527. The van der Waals surface area contributed by atoms with E-state index in [9.17, 15) is 9.59 Å². The van der Waals surface area contributed by atoms with Gasteiger partial charge in [0, 0.05) is 34.7 Å². The summed E-state index contributed by atoms with van der Waals surface area (Å²) in [5.41, 5.74) is 5.57. The fourth-order valence-electron chi connectivity index (χ4n) is 4.30. The van der Waals surface area contributed by atoms with Gasteiger partial charge >= 0.3 is 0 Å². The molecule has 5 rings (SSSR count). The summed E-state index contributed by atoms with van der Waals surface area (Å²) in [6.07, 6.45) is 0.879. The normalized spacial score (nSPS) is 12.7. The van der Waals surface area contributed by atoms with E-state index in [4.69, 9.17) is 0 Å². The van der Waals surface area contributed by atoms with Gasteiger partial charge in [-0.3, -0.25) is 9.59 Å². The molecule has 3 aromatic carbocycles. The van der Waals surface area contributed by atoms with E-state index >= 15 is 0 Å². The van der Waals surface area contributed by atoms with Crippen LogP contribution in [0.5, 0.6) is 0 Å². The Kier molecular flexibility index (Phi) is 4.79. The SMILES string of the molecule is Cc1cc2ccccc2n1CC(=O)Nc1ccc(C(=O)N2CCc3ccccc32)cc1. The number of nitrogens with zero attached hydrogens (tertiary/aromatic N) is 2. The van der Waals surface area contributed by atoms with Crippen LogP contribution in [0.3, 0.4) is 0 Å². The van der Waals surface area contributed by atoms with E-state index in [0.29, 0.717) is 17.8 Å². The molecule has 2 heterocycles. The summed E-state index contributed by atoms with van der Waals surface area (Å²) in [6, 6.07) is 25.3.